The Morgan fingerprint density at radius 3 is 2.28 bits per heavy atom. The molecule has 1 heterocycles. The molecule has 0 aliphatic rings. The number of nitrogens with zero attached hydrogens (tertiary/aromatic N) is 3. The molecule has 3 aromatic rings. The molecular weight excluding hydrogens is 392 g/mol. The van der Waals surface area contributed by atoms with Crippen molar-refractivity contribution in [3.8, 4) is 34.4 Å². The van der Waals surface area contributed by atoms with Gasteiger partial charge < -0.3 is 18.9 Å². The Balaban J connectivity index is 1.96. The highest BCUT2D eigenvalue weighted by atomic mass is 32.1. The summed E-state index contributed by atoms with van der Waals surface area (Å²) >= 11 is 5.33. The maximum atomic E-state index is 5.48. The van der Waals surface area contributed by atoms with Crippen molar-refractivity contribution < 1.29 is 18.9 Å². The lowest BCUT2D eigenvalue weighted by Gasteiger charge is -2.12. The van der Waals surface area contributed by atoms with Gasteiger partial charge in [-0.3, -0.25) is 0 Å². The van der Waals surface area contributed by atoms with E-state index in [9.17, 15) is 0 Å². The van der Waals surface area contributed by atoms with Gasteiger partial charge in [0.1, 0.15) is 5.75 Å². The molecule has 29 heavy (non-hydrogen) atoms. The molecule has 0 spiro atoms. The first-order chi connectivity index (χ1) is 14.1. The maximum absolute atomic E-state index is 5.48. The average molecular weight is 414 g/mol. The van der Waals surface area contributed by atoms with E-state index in [-0.39, 0.29) is 0 Å². The first kappa shape index (κ1) is 20.4. The smallest absolute Gasteiger partial charge is 0.216 e. The predicted molar refractivity (Wildman–Crippen MR) is 113 cm³/mol. The van der Waals surface area contributed by atoms with Crippen molar-refractivity contribution in [2.45, 2.75) is 6.92 Å². The highest BCUT2D eigenvalue weighted by Gasteiger charge is 2.13. The summed E-state index contributed by atoms with van der Waals surface area (Å²) in [6.07, 6.45) is 1.65. The molecule has 8 nitrogen and oxygen atoms in total. The zero-order chi connectivity index (χ0) is 20.8. The molecule has 0 atom stereocenters. The van der Waals surface area contributed by atoms with Crippen molar-refractivity contribution in [3.63, 3.8) is 0 Å². The maximum Gasteiger partial charge on any atom is 0.216 e. The highest BCUT2D eigenvalue weighted by Crippen LogP contribution is 2.37. The zero-order valence-corrected chi connectivity index (χ0v) is 17.4. The zero-order valence-electron chi connectivity index (χ0n) is 16.6. The second-order valence-electron chi connectivity index (χ2n) is 5.82. The van der Waals surface area contributed by atoms with Crippen molar-refractivity contribution in [1.82, 2.24) is 14.9 Å². The normalized spacial score (nSPS) is 10.9. The van der Waals surface area contributed by atoms with Gasteiger partial charge in [-0.05, 0) is 55.5 Å². The molecule has 0 saturated heterocycles. The Bertz CT molecular complexity index is 1030. The summed E-state index contributed by atoms with van der Waals surface area (Å²) in [4.78, 5) is 0. The Labute approximate surface area is 173 Å². The molecule has 0 bridgehead atoms. The molecule has 152 valence electrons. The molecule has 9 heteroatoms. The van der Waals surface area contributed by atoms with Crippen molar-refractivity contribution >= 4 is 18.4 Å². The van der Waals surface area contributed by atoms with E-state index < -0.39 is 0 Å². The van der Waals surface area contributed by atoms with Crippen LogP contribution in [0.2, 0.25) is 0 Å². The number of aromatic amines is 1. The van der Waals surface area contributed by atoms with Gasteiger partial charge in [-0.2, -0.15) is 14.9 Å². The number of methoxy groups -OCH3 is 3. The Morgan fingerprint density at radius 2 is 1.72 bits per heavy atom. The van der Waals surface area contributed by atoms with Gasteiger partial charge in [0, 0.05) is 11.1 Å². The number of nitrogens with one attached hydrogen (secondary N) is 1. The minimum Gasteiger partial charge on any atom is -0.494 e. The lowest BCUT2D eigenvalue weighted by atomic mass is 10.2. The number of ether oxygens (including phenoxy) is 4. The van der Waals surface area contributed by atoms with Gasteiger partial charge in [-0.1, -0.05) is 0 Å². The van der Waals surface area contributed by atoms with Gasteiger partial charge in [0.2, 0.25) is 10.5 Å². The third kappa shape index (κ3) is 4.40. The first-order valence-electron chi connectivity index (χ1n) is 8.86. The number of H-pyrrole nitrogens is 1. The van der Waals surface area contributed by atoms with Gasteiger partial charge >= 0.3 is 0 Å². The summed E-state index contributed by atoms with van der Waals surface area (Å²) in [7, 11) is 4.69. The minimum absolute atomic E-state index is 0.373. The van der Waals surface area contributed by atoms with E-state index in [1.807, 2.05) is 31.2 Å². The predicted octanol–water partition coefficient (Wildman–Crippen LogP) is 3.91. The van der Waals surface area contributed by atoms with Crippen LogP contribution in [0, 0.1) is 4.77 Å². The summed E-state index contributed by atoms with van der Waals surface area (Å²) in [6.45, 7) is 2.55. The number of benzene rings is 2. The van der Waals surface area contributed by atoms with Gasteiger partial charge in [-0.25, -0.2) is 5.10 Å². The average Bonchev–Trinajstić information content (AvgIpc) is 3.12. The van der Waals surface area contributed by atoms with E-state index in [1.165, 1.54) is 0 Å². The molecule has 0 amide bonds. The minimum atomic E-state index is 0.373. The lowest BCUT2D eigenvalue weighted by Crippen LogP contribution is -1.98. The largest absolute Gasteiger partial charge is 0.494 e. The molecule has 0 aliphatic carbocycles. The van der Waals surface area contributed by atoms with Crippen molar-refractivity contribution in [2.75, 3.05) is 27.9 Å². The van der Waals surface area contributed by atoms with Gasteiger partial charge in [-0.15, -0.1) is 0 Å². The van der Waals surface area contributed by atoms with E-state index in [0.717, 1.165) is 16.9 Å². The van der Waals surface area contributed by atoms with Crippen molar-refractivity contribution in [2.24, 2.45) is 5.10 Å². The van der Waals surface area contributed by atoms with Crippen LogP contribution >= 0.6 is 12.2 Å². The SMILES string of the molecule is CCOc1ccc(-c2n[nH]c(=S)n2/N=C\c2cc(OC)c(OC)c(OC)c2)cc1. The summed E-state index contributed by atoms with van der Waals surface area (Å²) in [5, 5.41) is 11.6. The van der Waals surface area contributed by atoms with Crippen LogP contribution in [0.5, 0.6) is 23.0 Å². The number of rotatable bonds is 8. The number of hydrogen-bond donors (Lipinski definition) is 1. The molecule has 0 radical (unpaired) electrons. The van der Waals surface area contributed by atoms with Gasteiger partial charge in [0.25, 0.3) is 0 Å². The van der Waals surface area contributed by atoms with Crippen molar-refractivity contribution in [1.29, 1.82) is 0 Å². The van der Waals surface area contributed by atoms with Crippen LogP contribution in [-0.4, -0.2) is 49.0 Å². The molecule has 1 N–H and O–H groups in total. The van der Waals surface area contributed by atoms with Crippen LogP contribution in [0.3, 0.4) is 0 Å². The van der Waals surface area contributed by atoms with Crippen LogP contribution in [0.25, 0.3) is 11.4 Å². The Hall–Kier alpha value is -3.33. The second-order valence-corrected chi connectivity index (χ2v) is 6.21. The fraction of sp³-hybridized carbons (Fsp3) is 0.250. The summed E-state index contributed by atoms with van der Waals surface area (Å²) in [5.41, 5.74) is 1.60. The standard InChI is InChI=1S/C20H22N4O4S/c1-5-28-15-8-6-14(7-9-15)19-22-23-20(29)24(19)21-12-13-10-16(25-2)18(27-4)17(11-13)26-3/h6-12H,5H2,1-4H3,(H,23,29)/b21-12-. The van der Waals surface area contributed by atoms with Crippen LogP contribution < -0.4 is 18.9 Å². The Kier molecular flexibility index (Phi) is 6.50. The molecule has 0 aliphatic heterocycles. The monoisotopic (exact) mass is 414 g/mol. The molecule has 0 unspecified atom stereocenters. The Morgan fingerprint density at radius 1 is 1.07 bits per heavy atom. The highest BCUT2D eigenvalue weighted by molar-refractivity contribution is 7.71. The summed E-state index contributed by atoms with van der Waals surface area (Å²) in [6, 6.07) is 11.2. The summed E-state index contributed by atoms with van der Waals surface area (Å²) < 4.78 is 23.5. The molecule has 2 aromatic carbocycles. The van der Waals surface area contributed by atoms with Crippen LogP contribution in [0.4, 0.5) is 0 Å². The third-order valence-corrected chi connectivity index (χ3v) is 4.35. The molecular formula is C20H22N4O4S. The molecule has 3 rings (SSSR count). The van der Waals surface area contributed by atoms with E-state index in [1.54, 1.807) is 44.4 Å². The molecule has 0 fully saturated rings. The van der Waals surface area contributed by atoms with Gasteiger partial charge in [0.15, 0.2) is 17.3 Å². The van der Waals surface area contributed by atoms with E-state index in [0.29, 0.717) is 34.5 Å². The second kappa shape index (κ2) is 9.24. The summed E-state index contributed by atoms with van der Waals surface area (Å²) in [5.74, 6) is 2.97. The number of aromatic nitrogens is 3. The fourth-order valence-electron chi connectivity index (χ4n) is 2.75. The van der Waals surface area contributed by atoms with E-state index in [4.69, 9.17) is 31.2 Å². The first-order valence-corrected chi connectivity index (χ1v) is 9.27. The molecule has 0 saturated carbocycles. The fourth-order valence-corrected chi connectivity index (χ4v) is 2.93. The lowest BCUT2D eigenvalue weighted by molar-refractivity contribution is 0.324. The van der Waals surface area contributed by atoms with Crippen LogP contribution in [-0.2, 0) is 0 Å². The van der Waals surface area contributed by atoms with E-state index in [2.05, 4.69) is 15.3 Å². The van der Waals surface area contributed by atoms with Crippen LogP contribution in [0.15, 0.2) is 41.5 Å². The van der Waals surface area contributed by atoms with Gasteiger partial charge in [0.05, 0.1) is 34.2 Å². The topological polar surface area (TPSA) is 82.9 Å². The van der Waals surface area contributed by atoms with E-state index >= 15 is 0 Å². The third-order valence-electron chi connectivity index (χ3n) is 4.08. The number of hydrogen-bond acceptors (Lipinski definition) is 7. The van der Waals surface area contributed by atoms with Crippen LogP contribution in [0.1, 0.15) is 12.5 Å². The quantitative estimate of drug-likeness (QED) is 0.444. The molecule has 1 aromatic heterocycles. The van der Waals surface area contributed by atoms with Crippen molar-refractivity contribution in [3.05, 3.63) is 46.7 Å².